The Bertz CT molecular complexity index is 1110. The predicted molar refractivity (Wildman–Crippen MR) is 138 cm³/mol. The number of phenols is 1. The van der Waals surface area contributed by atoms with E-state index in [0.717, 1.165) is 51.4 Å². The van der Waals surface area contributed by atoms with Crippen molar-refractivity contribution in [2.24, 2.45) is 34.0 Å². The van der Waals surface area contributed by atoms with Gasteiger partial charge in [-0.05, 0) is 104 Å². The standard InChI is InChI=1S/C30H40O7/c1-27(2)12-4-13-30(26(33)34)23(27)11-14-28-16-20(7-9-24(28)30)29(35,17-28)18-37-25(32)10-6-19-5-8-21(31)22(15-19)36-3/h5-6,8,10,15,20,23-24,31,35H,4,7,9,11-14,16-18H2,1-3H3,(H,33,34)/b10-6+/t20-,23-,24-,28+,29+,30+/m1/s1. The molecule has 4 aliphatic carbocycles. The largest absolute Gasteiger partial charge is 0.504 e. The maximum Gasteiger partial charge on any atom is 0.330 e. The first kappa shape index (κ1) is 26.1. The number of benzene rings is 1. The maximum atomic E-state index is 13.0. The van der Waals surface area contributed by atoms with Crippen molar-refractivity contribution in [2.75, 3.05) is 13.7 Å². The molecule has 0 unspecified atom stereocenters. The fourth-order valence-corrected chi connectivity index (χ4v) is 9.15. The summed E-state index contributed by atoms with van der Waals surface area (Å²) in [5.74, 6) is -0.630. The third kappa shape index (κ3) is 4.14. The summed E-state index contributed by atoms with van der Waals surface area (Å²) < 4.78 is 10.7. The van der Waals surface area contributed by atoms with Crippen LogP contribution in [0.4, 0.5) is 0 Å². The highest BCUT2D eigenvalue weighted by Crippen LogP contribution is 2.73. The van der Waals surface area contributed by atoms with E-state index in [2.05, 4.69) is 13.8 Å². The van der Waals surface area contributed by atoms with Crippen LogP contribution in [0.2, 0.25) is 0 Å². The van der Waals surface area contributed by atoms with Gasteiger partial charge in [-0.25, -0.2) is 4.79 Å². The highest BCUT2D eigenvalue weighted by Gasteiger charge is 2.70. The highest BCUT2D eigenvalue weighted by atomic mass is 16.5. The Hall–Kier alpha value is -2.54. The molecule has 6 atom stereocenters. The van der Waals surface area contributed by atoms with E-state index in [9.17, 15) is 24.9 Å². The van der Waals surface area contributed by atoms with Crippen LogP contribution in [-0.2, 0) is 14.3 Å². The van der Waals surface area contributed by atoms with Crippen LogP contribution in [0, 0.1) is 34.0 Å². The summed E-state index contributed by atoms with van der Waals surface area (Å²) >= 11 is 0. The topological polar surface area (TPSA) is 113 Å². The molecular weight excluding hydrogens is 472 g/mol. The molecule has 202 valence electrons. The number of esters is 1. The van der Waals surface area contributed by atoms with Gasteiger partial charge in [0.1, 0.15) is 12.2 Å². The van der Waals surface area contributed by atoms with Gasteiger partial charge in [0, 0.05) is 6.08 Å². The van der Waals surface area contributed by atoms with Gasteiger partial charge in [0.2, 0.25) is 0 Å². The molecule has 0 radical (unpaired) electrons. The molecule has 4 aliphatic rings. The summed E-state index contributed by atoms with van der Waals surface area (Å²) in [4.78, 5) is 25.5. The van der Waals surface area contributed by atoms with Crippen molar-refractivity contribution in [3.8, 4) is 11.5 Å². The number of carbonyl (C=O) groups is 2. The number of rotatable bonds is 6. The van der Waals surface area contributed by atoms with E-state index in [1.54, 1.807) is 18.2 Å². The number of aromatic hydroxyl groups is 1. The van der Waals surface area contributed by atoms with Crippen molar-refractivity contribution in [3.05, 3.63) is 29.8 Å². The Morgan fingerprint density at radius 3 is 2.62 bits per heavy atom. The van der Waals surface area contributed by atoms with E-state index in [1.807, 2.05) is 0 Å². The van der Waals surface area contributed by atoms with Crippen LogP contribution in [-0.4, -0.2) is 46.6 Å². The zero-order chi connectivity index (χ0) is 26.6. The van der Waals surface area contributed by atoms with Crippen LogP contribution < -0.4 is 4.74 Å². The van der Waals surface area contributed by atoms with Crippen LogP contribution in [0.25, 0.3) is 6.08 Å². The van der Waals surface area contributed by atoms with Crippen molar-refractivity contribution in [3.63, 3.8) is 0 Å². The van der Waals surface area contributed by atoms with Crippen molar-refractivity contribution >= 4 is 18.0 Å². The molecule has 4 saturated carbocycles. The minimum absolute atomic E-state index is 0.00733. The number of carboxylic acids is 1. The molecule has 4 fully saturated rings. The molecule has 1 aromatic carbocycles. The van der Waals surface area contributed by atoms with E-state index in [4.69, 9.17) is 9.47 Å². The third-order valence-electron chi connectivity index (χ3n) is 10.6. The Morgan fingerprint density at radius 2 is 1.89 bits per heavy atom. The van der Waals surface area contributed by atoms with Crippen molar-refractivity contribution in [1.82, 2.24) is 0 Å². The zero-order valence-corrected chi connectivity index (χ0v) is 22.2. The molecule has 2 bridgehead atoms. The summed E-state index contributed by atoms with van der Waals surface area (Å²) in [6, 6.07) is 4.77. The average molecular weight is 513 g/mol. The first-order chi connectivity index (χ1) is 17.5. The summed E-state index contributed by atoms with van der Waals surface area (Å²) in [5.41, 5.74) is -1.37. The second-order valence-corrected chi connectivity index (χ2v) is 12.8. The number of phenolic OH excluding ortho intramolecular Hbond substituents is 1. The van der Waals surface area contributed by atoms with Gasteiger partial charge in [-0.3, -0.25) is 4.79 Å². The minimum atomic E-state index is -1.13. The minimum Gasteiger partial charge on any atom is -0.504 e. The van der Waals surface area contributed by atoms with Crippen molar-refractivity contribution < 1.29 is 34.4 Å². The van der Waals surface area contributed by atoms with Gasteiger partial charge >= 0.3 is 11.9 Å². The van der Waals surface area contributed by atoms with Crippen LogP contribution >= 0.6 is 0 Å². The number of hydrogen-bond acceptors (Lipinski definition) is 6. The molecular formula is C30H40O7. The summed E-state index contributed by atoms with van der Waals surface area (Å²) in [6.45, 7) is 4.40. The Kier molecular flexibility index (Phi) is 6.37. The molecule has 37 heavy (non-hydrogen) atoms. The van der Waals surface area contributed by atoms with E-state index < -0.39 is 23.0 Å². The van der Waals surface area contributed by atoms with Gasteiger partial charge in [0.25, 0.3) is 0 Å². The molecule has 1 aromatic rings. The Morgan fingerprint density at radius 1 is 1.11 bits per heavy atom. The van der Waals surface area contributed by atoms with Gasteiger partial charge in [0.05, 0.1) is 12.5 Å². The van der Waals surface area contributed by atoms with Gasteiger partial charge in [-0.15, -0.1) is 0 Å². The number of ether oxygens (including phenoxy) is 2. The molecule has 0 aliphatic heterocycles. The number of fused-ring (bicyclic) bond motifs is 3. The monoisotopic (exact) mass is 512 g/mol. The molecule has 0 saturated heterocycles. The first-order valence-electron chi connectivity index (χ1n) is 13.6. The van der Waals surface area contributed by atoms with Gasteiger partial charge in [-0.2, -0.15) is 0 Å². The van der Waals surface area contributed by atoms with E-state index in [0.29, 0.717) is 17.7 Å². The first-order valence-corrected chi connectivity index (χ1v) is 13.6. The van der Waals surface area contributed by atoms with Gasteiger partial charge in [0.15, 0.2) is 11.5 Å². The van der Waals surface area contributed by atoms with Crippen LogP contribution in [0.1, 0.15) is 77.2 Å². The van der Waals surface area contributed by atoms with Crippen LogP contribution in [0.15, 0.2) is 24.3 Å². The number of methoxy groups -OCH3 is 1. The van der Waals surface area contributed by atoms with Crippen molar-refractivity contribution in [1.29, 1.82) is 0 Å². The number of aliphatic hydroxyl groups is 1. The fraction of sp³-hybridized carbons (Fsp3) is 0.667. The average Bonchev–Trinajstić information content (AvgIpc) is 3.06. The molecule has 7 heteroatoms. The second kappa shape index (κ2) is 9.04. The quantitative estimate of drug-likeness (QED) is 0.355. The fourth-order valence-electron chi connectivity index (χ4n) is 9.15. The lowest BCUT2D eigenvalue weighted by atomic mass is 9.40. The molecule has 5 rings (SSSR count). The van der Waals surface area contributed by atoms with Gasteiger partial charge in [-0.1, -0.05) is 26.3 Å². The molecule has 1 spiro atoms. The number of carbonyl (C=O) groups excluding carboxylic acids is 1. The summed E-state index contributed by atoms with van der Waals surface area (Å²) in [6.07, 6.45) is 10.4. The SMILES string of the molecule is COc1cc(/C=C/C(=O)OC[C@@]2(O)C[C@@]34CC[C@@H]5C(C)(C)CCC[C@@]5(C(=O)O)[C@@H]3CC[C@@H]2C4)ccc1O. The lowest BCUT2D eigenvalue weighted by Gasteiger charge is -2.62. The lowest BCUT2D eigenvalue weighted by Crippen LogP contribution is -2.60. The molecule has 0 aromatic heterocycles. The van der Waals surface area contributed by atoms with E-state index in [1.165, 1.54) is 19.3 Å². The Labute approximate surface area is 218 Å². The summed E-state index contributed by atoms with van der Waals surface area (Å²) in [7, 11) is 1.46. The van der Waals surface area contributed by atoms with Crippen LogP contribution in [0.3, 0.4) is 0 Å². The molecule has 7 nitrogen and oxygen atoms in total. The predicted octanol–water partition coefficient (Wildman–Crippen LogP) is 5.19. The van der Waals surface area contributed by atoms with Crippen LogP contribution in [0.5, 0.6) is 11.5 Å². The number of aliphatic carboxylic acids is 1. The molecule has 3 N–H and O–H groups in total. The highest BCUT2D eigenvalue weighted by molar-refractivity contribution is 5.87. The second-order valence-electron chi connectivity index (χ2n) is 12.8. The zero-order valence-electron chi connectivity index (χ0n) is 22.2. The normalized spacial score (nSPS) is 38.0. The molecule has 0 heterocycles. The maximum absolute atomic E-state index is 13.0. The summed E-state index contributed by atoms with van der Waals surface area (Å²) in [5, 5.41) is 32.2. The van der Waals surface area contributed by atoms with Crippen molar-refractivity contribution in [2.45, 2.75) is 77.2 Å². The Balaban J connectivity index is 1.31. The lowest BCUT2D eigenvalue weighted by molar-refractivity contribution is -0.194. The smallest absolute Gasteiger partial charge is 0.330 e. The van der Waals surface area contributed by atoms with Gasteiger partial charge < -0.3 is 24.8 Å². The van der Waals surface area contributed by atoms with E-state index >= 15 is 0 Å². The van der Waals surface area contributed by atoms with E-state index in [-0.39, 0.29) is 40.9 Å². The number of hydrogen-bond donors (Lipinski definition) is 3. The number of carboxylic acid groups (broad SMARTS) is 1. The third-order valence-corrected chi connectivity index (χ3v) is 10.6. The molecule has 0 amide bonds.